The van der Waals surface area contributed by atoms with Crippen LogP contribution in [0.3, 0.4) is 0 Å². The third-order valence-corrected chi connectivity index (χ3v) is 5.52. The maximum Gasteiger partial charge on any atom is 0.0666 e. The third kappa shape index (κ3) is 4.43. The van der Waals surface area contributed by atoms with Crippen LogP contribution in [0.4, 0.5) is 0 Å². The molecule has 1 rings (SSSR count). The van der Waals surface area contributed by atoms with E-state index in [-0.39, 0.29) is 12.1 Å². The van der Waals surface area contributed by atoms with Crippen LogP contribution in [0.15, 0.2) is 0 Å². The predicted molar refractivity (Wildman–Crippen MR) is 74.7 cm³/mol. The second kappa shape index (κ2) is 7.62. The van der Waals surface area contributed by atoms with Crippen molar-refractivity contribution < 1.29 is 9.84 Å². The number of hydrogen-bond acceptors (Lipinski definition) is 4. The number of nitrogens with one attached hydrogen (secondary N) is 1. The van der Waals surface area contributed by atoms with Crippen molar-refractivity contribution in [1.29, 1.82) is 0 Å². The van der Waals surface area contributed by atoms with Gasteiger partial charge in [0.1, 0.15) is 0 Å². The smallest absolute Gasteiger partial charge is 0.0666 e. The average Bonchev–Trinajstić information content (AvgIpc) is 2.76. The lowest BCUT2D eigenvalue weighted by Crippen LogP contribution is -2.45. The molecule has 0 saturated carbocycles. The monoisotopic (exact) mass is 261 g/mol. The molecule has 3 nitrogen and oxygen atoms in total. The molecule has 0 bridgehead atoms. The van der Waals surface area contributed by atoms with E-state index in [0.29, 0.717) is 11.4 Å². The van der Waals surface area contributed by atoms with E-state index in [1.54, 1.807) is 0 Å². The molecule has 3 atom stereocenters. The van der Waals surface area contributed by atoms with Crippen LogP contribution in [0.1, 0.15) is 39.5 Å². The van der Waals surface area contributed by atoms with Crippen molar-refractivity contribution >= 4 is 11.8 Å². The van der Waals surface area contributed by atoms with Gasteiger partial charge in [0.05, 0.1) is 12.7 Å². The predicted octanol–water partition coefficient (Wildman–Crippen LogP) is 2.04. The van der Waals surface area contributed by atoms with Crippen LogP contribution in [0.25, 0.3) is 0 Å². The summed E-state index contributed by atoms with van der Waals surface area (Å²) in [5.41, 5.74) is -0.0711. The van der Waals surface area contributed by atoms with Gasteiger partial charge in [0, 0.05) is 17.4 Å². The van der Waals surface area contributed by atoms with Gasteiger partial charge >= 0.3 is 0 Å². The third-order valence-electron chi connectivity index (χ3n) is 3.95. The van der Waals surface area contributed by atoms with Crippen LogP contribution >= 0.6 is 11.8 Å². The molecule has 1 heterocycles. The van der Waals surface area contributed by atoms with Gasteiger partial charge in [-0.15, -0.1) is 0 Å². The van der Waals surface area contributed by atoms with E-state index in [4.69, 9.17) is 4.74 Å². The fraction of sp³-hybridized carbons (Fsp3) is 1.00. The molecule has 3 unspecified atom stereocenters. The summed E-state index contributed by atoms with van der Waals surface area (Å²) < 4.78 is 5.55. The average molecular weight is 261 g/mol. The number of rotatable bonds is 8. The van der Waals surface area contributed by atoms with Crippen LogP contribution in [-0.4, -0.2) is 48.0 Å². The molecule has 0 radical (unpaired) electrons. The van der Waals surface area contributed by atoms with Gasteiger partial charge in [-0.1, -0.05) is 6.92 Å². The van der Waals surface area contributed by atoms with Crippen molar-refractivity contribution in [3.63, 3.8) is 0 Å². The second-order valence-electron chi connectivity index (χ2n) is 4.92. The maximum atomic E-state index is 9.44. The summed E-state index contributed by atoms with van der Waals surface area (Å²) >= 11 is 2.03. The fourth-order valence-corrected chi connectivity index (χ4v) is 3.55. The van der Waals surface area contributed by atoms with Gasteiger partial charge in [-0.25, -0.2) is 0 Å². The maximum absolute atomic E-state index is 9.44. The van der Waals surface area contributed by atoms with Crippen molar-refractivity contribution in [3.8, 4) is 0 Å². The Morgan fingerprint density at radius 3 is 2.76 bits per heavy atom. The number of thioether (sulfide) groups is 1. The fourth-order valence-electron chi connectivity index (χ4n) is 2.32. The van der Waals surface area contributed by atoms with Crippen LogP contribution in [-0.2, 0) is 4.74 Å². The van der Waals surface area contributed by atoms with Crippen molar-refractivity contribution in [2.75, 3.05) is 26.0 Å². The molecule has 1 saturated heterocycles. The molecule has 1 aliphatic heterocycles. The summed E-state index contributed by atoms with van der Waals surface area (Å²) in [6.45, 7) is 5.45. The molecule has 102 valence electrons. The lowest BCUT2D eigenvalue weighted by Gasteiger charge is -2.30. The van der Waals surface area contributed by atoms with E-state index < -0.39 is 0 Å². The van der Waals surface area contributed by atoms with Crippen LogP contribution in [0, 0.1) is 0 Å². The van der Waals surface area contributed by atoms with E-state index >= 15 is 0 Å². The molecule has 17 heavy (non-hydrogen) atoms. The van der Waals surface area contributed by atoms with Crippen LogP contribution < -0.4 is 5.32 Å². The highest BCUT2D eigenvalue weighted by molar-refractivity contribution is 7.99. The topological polar surface area (TPSA) is 41.5 Å². The standard InChI is InChI=1S/C13H27NO2S/c1-4-13(10-15,14-3)7-5-9-17-12-6-8-16-11(12)2/h11-12,14-15H,4-10H2,1-3H3. The zero-order chi connectivity index (χ0) is 12.7. The summed E-state index contributed by atoms with van der Waals surface area (Å²) in [5.74, 6) is 1.17. The van der Waals surface area contributed by atoms with Gasteiger partial charge < -0.3 is 15.2 Å². The Morgan fingerprint density at radius 1 is 1.53 bits per heavy atom. The summed E-state index contributed by atoms with van der Waals surface area (Å²) in [7, 11) is 1.94. The van der Waals surface area contributed by atoms with Crippen LogP contribution in [0.5, 0.6) is 0 Å². The minimum absolute atomic E-state index is 0.0711. The molecule has 0 spiro atoms. The van der Waals surface area contributed by atoms with Gasteiger partial charge in [0.2, 0.25) is 0 Å². The van der Waals surface area contributed by atoms with Crippen molar-refractivity contribution in [3.05, 3.63) is 0 Å². The van der Waals surface area contributed by atoms with E-state index in [2.05, 4.69) is 19.2 Å². The van der Waals surface area contributed by atoms with Gasteiger partial charge in [0.15, 0.2) is 0 Å². The molecule has 0 aromatic rings. The normalized spacial score (nSPS) is 28.2. The Balaban J connectivity index is 2.18. The number of ether oxygens (including phenoxy) is 1. The highest BCUT2D eigenvalue weighted by Gasteiger charge is 2.26. The Hall–Kier alpha value is 0.230. The Bertz CT molecular complexity index is 201. The first-order chi connectivity index (χ1) is 8.17. The van der Waals surface area contributed by atoms with E-state index in [9.17, 15) is 5.11 Å². The SMILES string of the molecule is CCC(CO)(CCCSC1CCOC1C)NC. The molecular weight excluding hydrogens is 234 g/mol. The largest absolute Gasteiger partial charge is 0.394 e. The molecule has 0 aliphatic carbocycles. The molecule has 4 heteroatoms. The highest BCUT2D eigenvalue weighted by Crippen LogP contribution is 2.28. The van der Waals surface area contributed by atoms with E-state index in [1.807, 2.05) is 18.8 Å². The minimum atomic E-state index is -0.0711. The summed E-state index contributed by atoms with van der Waals surface area (Å²) in [6, 6.07) is 0. The quantitative estimate of drug-likeness (QED) is 0.656. The first kappa shape index (κ1) is 15.3. The highest BCUT2D eigenvalue weighted by atomic mass is 32.2. The van der Waals surface area contributed by atoms with Crippen LogP contribution in [0.2, 0.25) is 0 Å². The molecule has 0 aromatic carbocycles. The first-order valence-corrected chi connectivity index (χ1v) is 7.75. The number of aliphatic hydroxyl groups is 1. The van der Waals surface area contributed by atoms with E-state index in [0.717, 1.165) is 25.9 Å². The van der Waals surface area contributed by atoms with Gasteiger partial charge in [-0.05, 0) is 45.4 Å². The Labute approximate surface area is 110 Å². The Kier molecular flexibility index (Phi) is 6.85. The minimum Gasteiger partial charge on any atom is -0.394 e. The Morgan fingerprint density at radius 2 is 2.29 bits per heavy atom. The molecule has 1 aliphatic rings. The first-order valence-electron chi connectivity index (χ1n) is 6.70. The summed E-state index contributed by atoms with van der Waals surface area (Å²) in [4.78, 5) is 0. The summed E-state index contributed by atoms with van der Waals surface area (Å²) in [6.07, 6.45) is 4.79. The van der Waals surface area contributed by atoms with E-state index in [1.165, 1.54) is 12.2 Å². The van der Waals surface area contributed by atoms with Crippen molar-refractivity contribution in [2.24, 2.45) is 0 Å². The number of hydrogen-bond donors (Lipinski definition) is 2. The lowest BCUT2D eigenvalue weighted by molar-refractivity contribution is 0.127. The second-order valence-corrected chi connectivity index (χ2v) is 6.27. The van der Waals surface area contributed by atoms with Gasteiger partial charge in [-0.3, -0.25) is 0 Å². The van der Waals surface area contributed by atoms with Crippen molar-refractivity contribution in [2.45, 2.75) is 56.4 Å². The van der Waals surface area contributed by atoms with Crippen molar-refractivity contribution in [1.82, 2.24) is 5.32 Å². The molecular formula is C13H27NO2S. The zero-order valence-electron chi connectivity index (χ0n) is 11.4. The molecule has 2 N–H and O–H groups in total. The van der Waals surface area contributed by atoms with Gasteiger partial charge in [0.25, 0.3) is 0 Å². The molecule has 0 aromatic heterocycles. The lowest BCUT2D eigenvalue weighted by atomic mass is 9.92. The number of aliphatic hydroxyl groups excluding tert-OH is 1. The molecule has 1 fully saturated rings. The summed E-state index contributed by atoms with van der Waals surface area (Å²) in [5, 5.41) is 13.4. The molecule has 0 amide bonds. The number of likely N-dealkylation sites (N-methyl/N-ethyl adjacent to an activating group) is 1. The zero-order valence-corrected chi connectivity index (χ0v) is 12.2. The van der Waals surface area contributed by atoms with Gasteiger partial charge in [-0.2, -0.15) is 11.8 Å².